The molecule has 9 heteroatoms. The molecule has 102 valence electrons. The van der Waals surface area contributed by atoms with Gasteiger partial charge in [0.05, 0.1) is 11.1 Å². The second-order valence-corrected chi connectivity index (χ2v) is 4.49. The van der Waals surface area contributed by atoms with Gasteiger partial charge in [0.2, 0.25) is 5.78 Å². The van der Waals surface area contributed by atoms with Gasteiger partial charge in [0, 0.05) is 5.56 Å². The Hall–Kier alpha value is -1.21. The molecule has 0 N–H and O–H groups in total. The van der Waals surface area contributed by atoms with Crippen LogP contribution in [-0.4, -0.2) is 11.7 Å². The molecule has 0 fully saturated rings. The highest BCUT2D eigenvalue weighted by atomic mass is 35.5. The van der Waals surface area contributed by atoms with Crippen LogP contribution in [-0.2, 0) is 0 Å². The molecule has 0 saturated carbocycles. The Morgan fingerprint density at radius 2 is 1.26 bits per heavy atom. The van der Waals surface area contributed by atoms with Crippen molar-refractivity contribution in [3.05, 3.63) is 38.9 Å². The van der Waals surface area contributed by atoms with Crippen LogP contribution in [0.1, 0.15) is 15.9 Å². The summed E-state index contributed by atoms with van der Waals surface area (Å²) < 4.78 is 78.5. The molecule has 0 unspecified atom stereocenters. The second-order valence-electron chi connectivity index (χ2n) is 3.54. The van der Waals surface area contributed by atoms with Gasteiger partial charge < -0.3 is 0 Å². The van der Waals surface area contributed by atoms with Crippen molar-refractivity contribution < 1.29 is 31.1 Å². The van der Waals surface area contributed by atoms with E-state index < -0.39 is 56.2 Å². The van der Waals surface area contributed by atoms with E-state index in [-0.39, 0.29) is 0 Å². The Balaban J connectivity index is 3.03. The number of ketones is 1. The number of Topliss-reactive ketones (excluding diaryl/α,β-unsaturated/α-hetero) is 1. The highest BCUT2D eigenvalue weighted by molar-refractivity contribution is 6.59. The summed E-state index contributed by atoms with van der Waals surface area (Å²) in [5.74, 6) is -15.8. The summed E-state index contributed by atoms with van der Waals surface area (Å²) in [5.41, 5.74) is -4.67. The number of rotatable bonds is 0. The molecule has 0 heterocycles. The summed E-state index contributed by atoms with van der Waals surface area (Å²) in [6.45, 7) is 0. The zero-order valence-corrected chi connectivity index (χ0v) is 9.94. The third-order valence-corrected chi connectivity index (χ3v) is 2.91. The number of halogens is 8. The largest absolute Gasteiger partial charge is 0.338 e. The quantitative estimate of drug-likeness (QED) is 0.397. The number of carbonyl (C=O) groups excluding carboxylic acids is 1. The Bertz CT molecular complexity index is 648. The van der Waals surface area contributed by atoms with Crippen molar-refractivity contribution in [3.63, 3.8) is 0 Å². The van der Waals surface area contributed by atoms with Gasteiger partial charge in [-0.05, 0) is 0 Å². The lowest BCUT2D eigenvalue weighted by molar-refractivity contribution is 0.0456. The van der Waals surface area contributed by atoms with Gasteiger partial charge in [0.25, 0.3) is 0 Å². The molecule has 0 aliphatic heterocycles. The first-order chi connectivity index (χ1) is 8.62. The predicted molar refractivity (Wildman–Crippen MR) is 54.2 cm³/mol. The summed E-state index contributed by atoms with van der Waals surface area (Å²) in [6.07, 6.45) is 0. The van der Waals surface area contributed by atoms with Crippen molar-refractivity contribution in [2.24, 2.45) is 0 Å². The minimum atomic E-state index is -4.47. The van der Waals surface area contributed by atoms with E-state index >= 15 is 0 Å². The van der Waals surface area contributed by atoms with Gasteiger partial charge in [-0.1, -0.05) is 23.2 Å². The fourth-order valence-corrected chi connectivity index (χ4v) is 2.15. The van der Waals surface area contributed by atoms with Gasteiger partial charge in [-0.15, -0.1) is 0 Å². The summed E-state index contributed by atoms with van der Waals surface area (Å²) in [6, 6.07) is 0. The SMILES string of the molecule is O=C1c2c(F)c(F)c(F)c(F)c2C(=C(Cl)Cl)C1(F)F. The van der Waals surface area contributed by atoms with Crippen LogP contribution in [0, 0.1) is 23.3 Å². The molecule has 0 atom stereocenters. The molecule has 1 nitrogen and oxygen atoms in total. The summed E-state index contributed by atoms with van der Waals surface area (Å²) in [4.78, 5) is 11.3. The molecular weight excluding hydrogens is 321 g/mol. The van der Waals surface area contributed by atoms with Crippen LogP contribution >= 0.6 is 23.2 Å². The van der Waals surface area contributed by atoms with Crippen LogP contribution in [0.4, 0.5) is 26.3 Å². The average Bonchev–Trinajstić information content (AvgIpc) is 2.52. The molecule has 19 heavy (non-hydrogen) atoms. The van der Waals surface area contributed by atoms with Crippen LogP contribution in [0.5, 0.6) is 0 Å². The maximum absolute atomic E-state index is 13.5. The second kappa shape index (κ2) is 4.14. The van der Waals surface area contributed by atoms with Gasteiger partial charge in [0.15, 0.2) is 23.3 Å². The summed E-state index contributed by atoms with van der Waals surface area (Å²) in [7, 11) is 0. The lowest BCUT2D eigenvalue weighted by Gasteiger charge is -2.09. The summed E-state index contributed by atoms with van der Waals surface area (Å²) >= 11 is 10.2. The van der Waals surface area contributed by atoms with Crippen LogP contribution in [0.2, 0.25) is 0 Å². The molecule has 0 aromatic heterocycles. The Labute approximate surface area is 111 Å². The predicted octanol–water partition coefficient (Wildman–Crippen LogP) is 4.22. The molecule has 2 rings (SSSR count). The first-order valence-electron chi connectivity index (χ1n) is 4.47. The molecule has 1 aromatic carbocycles. The van der Waals surface area contributed by atoms with Crippen molar-refractivity contribution in [3.8, 4) is 0 Å². The third-order valence-electron chi connectivity index (χ3n) is 2.53. The highest BCUT2D eigenvalue weighted by Gasteiger charge is 2.56. The third kappa shape index (κ3) is 1.68. The van der Waals surface area contributed by atoms with E-state index in [9.17, 15) is 31.1 Å². The van der Waals surface area contributed by atoms with E-state index in [1.165, 1.54) is 0 Å². The van der Waals surface area contributed by atoms with Crippen LogP contribution < -0.4 is 0 Å². The van der Waals surface area contributed by atoms with Crippen molar-refractivity contribution in [1.29, 1.82) is 0 Å². The van der Waals surface area contributed by atoms with Gasteiger partial charge in [-0.25, -0.2) is 17.6 Å². The average molecular weight is 321 g/mol. The lowest BCUT2D eigenvalue weighted by Crippen LogP contribution is -2.24. The Morgan fingerprint density at radius 1 is 0.842 bits per heavy atom. The van der Waals surface area contributed by atoms with Crippen LogP contribution in [0.3, 0.4) is 0 Å². The molecular formula is C10Cl2F6O. The molecule has 0 spiro atoms. The maximum atomic E-state index is 13.5. The van der Waals surface area contributed by atoms with E-state index in [1.54, 1.807) is 0 Å². The number of carbonyl (C=O) groups is 1. The molecule has 0 radical (unpaired) electrons. The standard InChI is InChI=1S/C10Cl2F6O/c11-9(12)3-1-2(8(19)10(3,17)18)5(14)7(16)6(15)4(1)13. The molecule has 1 aliphatic carbocycles. The van der Waals surface area contributed by atoms with Crippen molar-refractivity contribution in [2.75, 3.05) is 0 Å². The van der Waals surface area contributed by atoms with E-state index in [0.29, 0.717) is 0 Å². The number of benzene rings is 1. The number of hydrogen-bond acceptors (Lipinski definition) is 1. The number of hydrogen-bond donors (Lipinski definition) is 0. The Morgan fingerprint density at radius 3 is 1.68 bits per heavy atom. The highest BCUT2D eigenvalue weighted by Crippen LogP contribution is 2.49. The number of allylic oxidation sites excluding steroid dienone is 1. The van der Waals surface area contributed by atoms with Crippen LogP contribution in [0.25, 0.3) is 5.57 Å². The van der Waals surface area contributed by atoms with Gasteiger partial charge in [0.1, 0.15) is 4.49 Å². The summed E-state index contributed by atoms with van der Waals surface area (Å²) in [5, 5.41) is 0. The zero-order chi connectivity index (χ0) is 14.7. The van der Waals surface area contributed by atoms with Gasteiger partial charge >= 0.3 is 5.92 Å². The molecule has 0 saturated heterocycles. The lowest BCUT2D eigenvalue weighted by atomic mass is 10.1. The van der Waals surface area contributed by atoms with Crippen molar-refractivity contribution in [2.45, 2.75) is 5.92 Å². The van der Waals surface area contributed by atoms with E-state index in [4.69, 9.17) is 23.2 Å². The Kier molecular flexibility index (Phi) is 3.10. The van der Waals surface area contributed by atoms with Crippen molar-refractivity contribution >= 4 is 34.6 Å². The fourth-order valence-electron chi connectivity index (χ4n) is 1.72. The minimum absolute atomic E-state index is 1.25. The molecule has 1 aromatic rings. The molecule has 0 bridgehead atoms. The van der Waals surface area contributed by atoms with E-state index in [2.05, 4.69) is 0 Å². The maximum Gasteiger partial charge on any atom is 0.338 e. The monoisotopic (exact) mass is 320 g/mol. The number of alkyl halides is 2. The molecule has 1 aliphatic rings. The smallest absolute Gasteiger partial charge is 0.287 e. The minimum Gasteiger partial charge on any atom is -0.287 e. The number of fused-ring (bicyclic) bond motifs is 1. The van der Waals surface area contributed by atoms with Gasteiger partial charge in [-0.3, -0.25) is 4.79 Å². The molecule has 0 amide bonds. The van der Waals surface area contributed by atoms with Gasteiger partial charge in [-0.2, -0.15) is 8.78 Å². The zero-order valence-electron chi connectivity index (χ0n) is 8.43. The van der Waals surface area contributed by atoms with Crippen LogP contribution in [0.15, 0.2) is 4.49 Å². The first kappa shape index (κ1) is 14.2. The topological polar surface area (TPSA) is 17.1 Å². The van der Waals surface area contributed by atoms with E-state index in [0.717, 1.165) is 0 Å². The van der Waals surface area contributed by atoms with Crippen molar-refractivity contribution in [1.82, 2.24) is 0 Å². The first-order valence-corrected chi connectivity index (χ1v) is 5.22. The van der Waals surface area contributed by atoms with E-state index in [1.807, 2.05) is 0 Å². The fraction of sp³-hybridized carbons (Fsp3) is 0.100. The normalized spacial score (nSPS) is 16.8.